The van der Waals surface area contributed by atoms with E-state index in [9.17, 15) is 9.59 Å². The maximum absolute atomic E-state index is 12.2. The highest BCUT2D eigenvalue weighted by Crippen LogP contribution is 2.30. The first-order valence-corrected chi connectivity index (χ1v) is 8.02. The minimum absolute atomic E-state index is 0.0225. The van der Waals surface area contributed by atoms with Crippen molar-refractivity contribution in [2.45, 2.75) is 26.2 Å². The molecule has 1 aliphatic rings. The molecule has 1 aromatic heterocycles. The molecule has 1 saturated carbocycles. The lowest BCUT2D eigenvalue weighted by Gasteiger charge is -2.06. The summed E-state index contributed by atoms with van der Waals surface area (Å²) in [6.07, 6.45) is 2.68. The van der Waals surface area contributed by atoms with Gasteiger partial charge in [-0.2, -0.15) is 0 Å². The molecule has 1 aliphatic carbocycles. The minimum atomic E-state index is -0.263. The molecule has 0 bridgehead atoms. The highest BCUT2D eigenvalue weighted by molar-refractivity contribution is 7.15. The van der Waals surface area contributed by atoms with Crippen LogP contribution in [0.3, 0.4) is 0 Å². The van der Waals surface area contributed by atoms with Crippen LogP contribution in [-0.2, 0) is 11.2 Å². The van der Waals surface area contributed by atoms with Crippen molar-refractivity contribution < 1.29 is 9.59 Å². The fourth-order valence-corrected chi connectivity index (χ4v) is 2.62. The molecule has 0 radical (unpaired) electrons. The quantitative estimate of drug-likeness (QED) is 0.888. The zero-order valence-corrected chi connectivity index (χ0v) is 12.9. The Hall–Kier alpha value is -2.28. The summed E-state index contributed by atoms with van der Waals surface area (Å²) in [6, 6.07) is 6.88. The van der Waals surface area contributed by atoms with Crippen LogP contribution in [0.2, 0.25) is 0 Å². The van der Waals surface area contributed by atoms with E-state index in [0.717, 1.165) is 24.3 Å². The Morgan fingerprint density at radius 2 is 2.09 bits per heavy atom. The van der Waals surface area contributed by atoms with Crippen LogP contribution in [0.25, 0.3) is 0 Å². The van der Waals surface area contributed by atoms with Gasteiger partial charge >= 0.3 is 0 Å². The van der Waals surface area contributed by atoms with Crippen molar-refractivity contribution in [3.8, 4) is 0 Å². The number of carbonyl (C=O) groups excluding carboxylic acids is 2. The summed E-state index contributed by atoms with van der Waals surface area (Å²) < 4.78 is 0. The second kappa shape index (κ2) is 6.23. The van der Waals surface area contributed by atoms with Crippen LogP contribution in [0.4, 0.5) is 10.8 Å². The lowest BCUT2D eigenvalue weighted by atomic mass is 10.2. The maximum atomic E-state index is 12.2. The van der Waals surface area contributed by atoms with Crippen LogP contribution >= 0.6 is 11.3 Å². The Bertz CT molecular complexity index is 709. The second-order valence-corrected chi connectivity index (χ2v) is 6.22. The third-order valence-electron chi connectivity index (χ3n) is 3.33. The van der Waals surface area contributed by atoms with Crippen LogP contribution in [0, 0.1) is 5.92 Å². The van der Waals surface area contributed by atoms with E-state index in [0.29, 0.717) is 16.4 Å². The average molecular weight is 316 g/mol. The van der Waals surface area contributed by atoms with E-state index in [-0.39, 0.29) is 17.7 Å². The topological polar surface area (TPSA) is 84.0 Å². The van der Waals surface area contributed by atoms with Gasteiger partial charge in [-0.3, -0.25) is 14.9 Å². The van der Waals surface area contributed by atoms with Gasteiger partial charge in [-0.1, -0.05) is 24.3 Å². The molecule has 22 heavy (non-hydrogen) atoms. The SMILES string of the molecule is CCc1nnc(NC(=O)c2cccc(NC(=O)C3CC3)c2)s1. The van der Waals surface area contributed by atoms with E-state index in [1.54, 1.807) is 24.3 Å². The van der Waals surface area contributed by atoms with E-state index in [1.165, 1.54) is 11.3 Å². The number of amides is 2. The first kappa shape index (κ1) is 14.6. The highest BCUT2D eigenvalue weighted by Gasteiger charge is 2.29. The molecule has 2 aromatic rings. The van der Waals surface area contributed by atoms with Gasteiger partial charge in [-0.05, 0) is 37.5 Å². The number of anilines is 2. The number of nitrogens with one attached hydrogen (secondary N) is 2. The number of aryl methyl sites for hydroxylation is 1. The number of aromatic nitrogens is 2. The van der Waals surface area contributed by atoms with Crippen molar-refractivity contribution in [2.24, 2.45) is 5.92 Å². The molecule has 0 spiro atoms. The van der Waals surface area contributed by atoms with Gasteiger partial charge in [0.15, 0.2) is 0 Å². The van der Waals surface area contributed by atoms with E-state index in [4.69, 9.17) is 0 Å². The molecular formula is C15H16N4O2S. The molecule has 1 aromatic carbocycles. The van der Waals surface area contributed by atoms with Gasteiger partial charge in [0.05, 0.1) is 0 Å². The number of hydrogen-bond donors (Lipinski definition) is 2. The molecule has 3 rings (SSSR count). The molecular weight excluding hydrogens is 300 g/mol. The van der Waals surface area contributed by atoms with E-state index in [1.807, 2.05) is 6.92 Å². The van der Waals surface area contributed by atoms with Crippen LogP contribution in [0.5, 0.6) is 0 Å². The van der Waals surface area contributed by atoms with Gasteiger partial charge in [0, 0.05) is 17.2 Å². The molecule has 114 valence electrons. The van der Waals surface area contributed by atoms with Crippen molar-refractivity contribution in [3.05, 3.63) is 34.8 Å². The minimum Gasteiger partial charge on any atom is -0.326 e. The van der Waals surface area contributed by atoms with Crippen molar-refractivity contribution in [1.82, 2.24) is 10.2 Å². The summed E-state index contributed by atoms with van der Waals surface area (Å²) in [7, 11) is 0. The van der Waals surface area contributed by atoms with Gasteiger partial charge < -0.3 is 5.32 Å². The zero-order valence-electron chi connectivity index (χ0n) is 12.1. The Balaban J connectivity index is 1.67. The van der Waals surface area contributed by atoms with Gasteiger partial charge in [-0.15, -0.1) is 10.2 Å². The Labute approximate surface area is 132 Å². The van der Waals surface area contributed by atoms with Crippen molar-refractivity contribution in [3.63, 3.8) is 0 Å². The lowest BCUT2D eigenvalue weighted by molar-refractivity contribution is -0.117. The summed E-state index contributed by atoms with van der Waals surface area (Å²) >= 11 is 1.36. The number of hydrogen-bond acceptors (Lipinski definition) is 5. The van der Waals surface area contributed by atoms with Crippen LogP contribution in [0.15, 0.2) is 24.3 Å². The first-order valence-electron chi connectivity index (χ1n) is 7.20. The summed E-state index contributed by atoms with van der Waals surface area (Å²) in [5.41, 5.74) is 1.11. The largest absolute Gasteiger partial charge is 0.326 e. The molecule has 0 aliphatic heterocycles. The van der Waals surface area contributed by atoms with Crippen molar-refractivity contribution in [1.29, 1.82) is 0 Å². The molecule has 2 N–H and O–H groups in total. The standard InChI is InChI=1S/C15H16N4O2S/c1-2-12-18-19-15(22-12)17-14(21)10-4-3-5-11(8-10)16-13(20)9-6-7-9/h3-5,8-9H,2,6-7H2,1H3,(H,16,20)(H,17,19,21). The number of nitrogens with zero attached hydrogens (tertiary/aromatic N) is 2. The molecule has 0 atom stereocenters. The van der Waals surface area contributed by atoms with E-state index in [2.05, 4.69) is 20.8 Å². The van der Waals surface area contributed by atoms with E-state index < -0.39 is 0 Å². The Kier molecular flexibility index (Phi) is 4.15. The third kappa shape index (κ3) is 3.48. The van der Waals surface area contributed by atoms with E-state index >= 15 is 0 Å². The van der Waals surface area contributed by atoms with Crippen LogP contribution in [0.1, 0.15) is 35.1 Å². The molecule has 0 saturated heterocycles. The Morgan fingerprint density at radius 3 is 2.77 bits per heavy atom. The van der Waals surface area contributed by atoms with Gasteiger partial charge in [0.2, 0.25) is 11.0 Å². The lowest BCUT2D eigenvalue weighted by Crippen LogP contribution is -2.15. The first-order chi connectivity index (χ1) is 10.7. The van der Waals surface area contributed by atoms with Crippen molar-refractivity contribution in [2.75, 3.05) is 10.6 Å². The fraction of sp³-hybridized carbons (Fsp3) is 0.333. The monoisotopic (exact) mass is 316 g/mol. The zero-order chi connectivity index (χ0) is 15.5. The predicted octanol–water partition coefficient (Wildman–Crippen LogP) is 2.70. The molecule has 1 fully saturated rings. The summed E-state index contributed by atoms with van der Waals surface area (Å²) in [5, 5.41) is 14.8. The fourth-order valence-electron chi connectivity index (χ4n) is 1.94. The number of benzene rings is 1. The predicted molar refractivity (Wildman–Crippen MR) is 85.0 cm³/mol. The average Bonchev–Trinajstić information content (AvgIpc) is 3.28. The van der Waals surface area contributed by atoms with Gasteiger partial charge in [0.25, 0.3) is 5.91 Å². The normalized spacial score (nSPS) is 13.7. The summed E-state index contributed by atoms with van der Waals surface area (Å²) in [4.78, 5) is 24.0. The highest BCUT2D eigenvalue weighted by atomic mass is 32.1. The van der Waals surface area contributed by atoms with Crippen LogP contribution < -0.4 is 10.6 Å². The van der Waals surface area contributed by atoms with Crippen LogP contribution in [-0.4, -0.2) is 22.0 Å². The van der Waals surface area contributed by atoms with Gasteiger partial charge in [-0.25, -0.2) is 0 Å². The smallest absolute Gasteiger partial charge is 0.257 e. The van der Waals surface area contributed by atoms with Crippen molar-refractivity contribution >= 4 is 34.0 Å². The third-order valence-corrected chi connectivity index (χ3v) is 4.31. The number of rotatable bonds is 5. The second-order valence-electron chi connectivity index (χ2n) is 5.15. The molecule has 0 unspecified atom stereocenters. The maximum Gasteiger partial charge on any atom is 0.257 e. The molecule has 6 nitrogen and oxygen atoms in total. The Morgan fingerprint density at radius 1 is 1.27 bits per heavy atom. The number of carbonyl (C=O) groups is 2. The molecule has 2 amide bonds. The molecule has 7 heteroatoms. The summed E-state index contributed by atoms with van der Waals surface area (Å²) in [6.45, 7) is 1.98. The molecule has 1 heterocycles. The summed E-state index contributed by atoms with van der Waals surface area (Å²) in [5.74, 6) is -0.109. The van der Waals surface area contributed by atoms with Gasteiger partial charge in [0.1, 0.15) is 5.01 Å².